The predicted octanol–water partition coefficient (Wildman–Crippen LogP) is 2.56. The summed E-state index contributed by atoms with van der Waals surface area (Å²) in [5.41, 5.74) is 0.704. The maximum atomic E-state index is 11.2. The van der Waals surface area contributed by atoms with Crippen molar-refractivity contribution in [1.29, 1.82) is 0 Å². The Hall–Kier alpha value is -2.02. The smallest absolute Gasteiger partial charge is 0.328 e. The summed E-state index contributed by atoms with van der Waals surface area (Å²) >= 11 is 1.51. The van der Waals surface area contributed by atoms with Crippen molar-refractivity contribution in [1.82, 2.24) is 15.0 Å². The van der Waals surface area contributed by atoms with Crippen molar-refractivity contribution in [3.05, 3.63) is 36.2 Å². The van der Waals surface area contributed by atoms with Crippen molar-refractivity contribution >= 4 is 17.7 Å². The number of thioether (sulfide) groups is 1. The van der Waals surface area contributed by atoms with Crippen LogP contribution in [0, 0.1) is 5.92 Å². The van der Waals surface area contributed by atoms with Crippen molar-refractivity contribution in [2.45, 2.75) is 30.5 Å². The Labute approximate surface area is 126 Å². The third-order valence-electron chi connectivity index (χ3n) is 2.93. The van der Waals surface area contributed by atoms with Crippen LogP contribution in [0.3, 0.4) is 0 Å². The van der Waals surface area contributed by atoms with Gasteiger partial charge < -0.3 is 10.2 Å². The van der Waals surface area contributed by atoms with Crippen molar-refractivity contribution in [2.24, 2.45) is 5.92 Å². The van der Waals surface area contributed by atoms with Gasteiger partial charge in [0.2, 0.25) is 0 Å². The molecule has 0 radical (unpaired) electrons. The number of phenolic OH excluding ortho intramolecular Hbond substituents is 1. The number of carboxylic acids is 1. The van der Waals surface area contributed by atoms with Crippen LogP contribution in [-0.4, -0.2) is 31.2 Å². The van der Waals surface area contributed by atoms with E-state index in [4.69, 9.17) is 0 Å². The number of nitrogens with zero attached hydrogens (tertiary/aromatic N) is 3. The van der Waals surface area contributed by atoms with Gasteiger partial charge in [-0.1, -0.05) is 25.1 Å². The Morgan fingerprint density at radius 1 is 1.43 bits per heavy atom. The summed E-state index contributed by atoms with van der Waals surface area (Å²) in [7, 11) is 0. The molecule has 0 spiro atoms. The summed E-state index contributed by atoms with van der Waals surface area (Å²) in [5.74, 6) is -0.208. The van der Waals surface area contributed by atoms with Gasteiger partial charge in [0.1, 0.15) is 5.75 Å². The topological polar surface area (TPSA) is 88.2 Å². The maximum Gasteiger partial charge on any atom is 0.328 e. The molecule has 112 valence electrons. The van der Waals surface area contributed by atoms with Gasteiger partial charge >= 0.3 is 5.97 Å². The zero-order valence-corrected chi connectivity index (χ0v) is 12.6. The fourth-order valence-corrected chi connectivity index (χ4v) is 2.78. The van der Waals surface area contributed by atoms with Gasteiger partial charge in [0.05, 0.1) is 11.9 Å². The lowest BCUT2D eigenvalue weighted by Crippen LogP contribution is -2.24. The molecule has 1 aromatic heterocycles. The van der Waals surface area contributed by atoms with Crippen LogP contribution in [0.15, 0.2) is 35.4 Å². The number of benzene rings is 1. The molecule has 2 aromatic rings. The lowest BCUT2D eigenvalue weighted by molar-refractivity contribution is -0.142. The van der Waals surface area contributed by atoms with Crippen molar-refractivity contribution in [3.8, 4) is 5.75 Å². The van der Waals surface area contributed by atoms with E-state index in [-0.39, 0.29) is 11.7 Å². The zero-order valence-electron chi connectivity index (χ0n) is 11.8. The Morgan fingerprint density at radius 3 is 2.81 bits per heavy atom. The second kappa shape index (κ2) is 6.62. The van der Waals surface area contributed by atoms with E-state index in [1.165, 1.54) is 16.4 Å². The van der Waals surface area contributed by atoms with E-state index in [0.29, 0.717) is 11.4 Å². The summed E-state index contributed by atoms with van der Waals surface area (Å²) in [4.78, 5) is 12.2. The third kappa shape index (κ3) is 3.98. The van der Waals surface area contributed by atoms with Crippen LogP contribution in [0.5, 0.6) is 5.75 Å². The molecule has 0 saturated heterocycles. The van der Waals surface area contributed by atoms with E-state index in [1.54, 1.807) is 24.4 Å². The van der Waals surface area contributed by atoms with Crippen molar-refractivity contribution < 1.29 is 15.0 Å². The number of carboxylic acid groups (broad SMARTS) is 1. The van der Waals surface area contributed by atoms with Crippen molar-refractivity contribution in [3.63, 3.8) is 0 Å². The van der Waals surface area contributed by atoms with Gasteiger partial charge in [0, 0.05) is 10.6 Å². The maximum absolute atomic E-state index is 11.2. The minimum atomic E-state index is -0.915. The van der Waals surface area contributed by atoms with Crippen LogP contribution >= 0.6 is 11.8 Å². The van der Waals surface area contributed by atoms with Crippen molar-refractivity contribution in [2.75, 3.05) is 0 Å². The largest absolute Gasteiger partial charge is 0.508 e. The molecule has 0 fully saturated rings. The number of aromatic nitrogens is 3. The molecule has 0 bridgehead atoms. The average Bonchev–Trinajstić information content (AvgIpc) is 2.84. The molecular formula is C14H17N3O3S. The first-order valence-corrected chi connectivity index (χ1v) is 7.51. The molecule has 0 aliphatic heterocycles. The van der Waals surface area contributed by atoms with Crippen LogP contribution in [0.25, 0.3) is 0 Å². The number of aromatic hydroxyl groups is 1. The van der Waals surface area contributed by atoms with Gasteiger partial charge in [-0.2, -0.15) is 0 Å². The normalized spacial score (nSPS) is 12.5. The summed E-state index contributed by atoms with van der Waals surface area (Å²) in [6.07, 6.45) is 1.66. The van der Waals surface area contributed by atoms with Crippen LogP contribution in [0.2, 0.25) is 0 Å². The fourth-order valence-electron chi connectivity index (χ4n) is 1.95. The molecule has 7 heteroatoms. The first kappa shape index (κ1) is 15.4. The molecule has 0 amide bonds. The highest BCUT2D eigenvalue weighted by atomic mass is 32.2. The van der Waals surface area contributed by atoms with Gasteiger partial charge in [-0.15, -0.1) is 16.9 Å². The highest BCUT2D eigenvalue weighted by Gasteiger charge is 2.24. The molecule has 2 N–H and O–H groups in total. The number of carbonyl (C=O) groups is 1. The first-order chi connectivity index (χ1) is 9.97. The molecule has 0 aliphatic carbocycles. The number of rotatable bonds is 6. The van der Waals surface area contributed by atoms with E-state index < -0.39 is 12.0 Å². The Kier molecular flexibility index (Phi) is 4.85. The molecule has 21 heavy (non-hydrogen) atoms. The van der Waals surface area contributed by atoms with E-state index in [2.05, 4.69) is 10.3 Å². The number of phenols is 1. The van der Waals surface area contributed by atoms with Crippen LogP contribution in [0.1, 0.15) is 25.6 Å². The summed E-state index contributed by atoms with van der Waals surface area (Å²) in [6.45, 7) is 3.67. The number of aliphatic carboxylic acids is 1. The number of hydrogen-bond acceptors (Lipinski definition) is 5. The minimum absolute atomic E-state index is 0.0734. The molecule has 0 aliphatic rings. The van der Waals surface area contributed by atoms with E-state index in [9.17, 15) is 15.0 Å². The van der Waals surface area contributed by atoms with Gasteiger partial charge in [-0.25, -0.2) is 9.48 Å². The highest BCUT2D eigenvalue weighted by Crippen LogP contribution is 2.25. The van der Waals surface area contributed by atoms with Crippen LogP contribution in [0.4, 0.5) is 0 Å². The minimum Gasteiger partial charge on any atom is -0.508 e. The molecule has 1 heterocycles. The Balaban J connectivity index is 2.04. The van der Waals surface area contributed by atoms with E-state index in [0.717, 1.165) is 4.90 Å². The third-order valence-corrected chi connectivity index (χ3v) is 3.96. The second-order valence-electron chi connectivity index (χ2n) is 5.00. The van der Waals surface area contributed by atoms with Gasteiger partial charge in [0.25, 0.3) is 0 Å². The Morgan fingerprint density at radius 2 is 2.19 bits per heavy atom. The predicted molar refractivity (Wildman–Crippen MR) is 79.2 cm³/mol. The van der Waals surface area contributed by atoms with Gasteiger partial charge in [0.15, 0.2) is 6.04 Å². The van der Waals surface area contributed by atoms with E-state index in [1.807, 2.05) is 19.9 Å². The zero-order chi connectivity index (χ0) is 15.4. The quantitative estimate of drug-likeness (QED) is 0.797. The Bertz CT molecular complexity index is 627. The average molecular weight is 307 g/mol. The van der Waals surface area contributed by atoms with Crippen LogP contribution < -0.4 is 0 Å². The molecular weight excluding hydrogens is 290 g/mol. The summed E-state index contributed by atoms with van der Waals surface area (Å²) < 4.78 is 1.39. The summed E-state index contributed by atoms with van der Waals surface area (Å²) in [5, 5.41) is 26.5. The lowest BCUT2D eigenvalue weighted by atomic mass is 10.1. The van der Waals surface area contributed by atoms with E-state index >= 15 is 0 Å². The van der Waals surface area contributed by atoms with Gasteiger partial charge in [-0.05, 0) is 24.1 Å². The standard InChI is InChI=1S/C14H17N3O3S/c1-9(2)13(14(19)20)17-7-10(15-16-17)8-21-12-5-3-4-11(18)6-12/h3-7,9,13,18H,8H2,1-2H3,(H,19,20)/t13-/m1/s1. The second-order valence-corrected chi connectivity index (χ2v) is 6.05. The molecule has 1 atom stereocenters. The molecule has 0 saturated carbocycles. The number of hydrogen-bond donors (Lipinski definition) is 2. The molecule has 0 unspecified atom stereocenters. The molecule has 2 rings (SSSR count). The lowest BCUT2D eigenvalue weighted by Gasteiger charge is -2.15. The highest BCUT2D eigenvalue weighted by molar-refractivity contribution is 7.98. The first-order valence-electron chi connectivity index (χ1n) is 6.52. The van der Waals surface area contributed by atoms with Crippen LogP contribution in [-0.2, 0) is 10.5 Å². The molecule has 1 aromatic carbocycles. The monoisotopic (exact) mass is 307 g/mol. The molecule has 6 nitrogen and oxygen atoms in total. The fraction of sp³-hybridized carbons (Fsp3) is 0.357. The van der Waals surface area contributed by atoms with Gasteiger partial charge in [-0.3, -0.25) is 0 Å². The SMILES string of the molecule is CC(C)[C@H](C(=O)O)n1cc(CSc2cccc(O)c2)nn1. The summed E-state index contributed by atoms with van der Waals surface area (Å²) in [6, 6.07) is 6.23.